The summed E-state index contributed by atoms with van der Waals surface area (Å²) in [5.74, 6) is 0. The van der Waals surface area contributed by atoms with Crippen LogP contribution in [0, 0.1) is 5.41 Å². The lowest BCUT2D eigenvalue weighted by Gasteiger charge is -2.25. The molecule has 1 atom stereocenters. The Kier molecular flexibility index (Phi) is 5.23. The van der Waals surface area contributed by atoms with E-state index in [0.29, 0.717) is 6.61 Å². The molecular formula is C11H22O. The molecule has 0 radical (unpaired) electrons. The lowest BCUT2D eigenvalue weighted by Crippen LogP contribution is -2.19. The summed E-state index contributed by atoms with van der Waals surface area (Å²) >= 11 is 0. The van der Waals surface area contributed by atoms with Gasteiger partial charge in [-0.1, -0.05) is 19.4 Å². The molecule has 0 fully saturated rings. The topological polar surface area (TPSA) is 20.2 Å². The normalized spacial score (nSPS) is 15.7. The van der Waals surface area contributed by atoms with Gasteiger partial charge in [0.05, 0.1) is 0 Å². The SMILES string of the molecule is C=C(C)CCCC(C)(CC)CO. The van der Waals surface area contributed by atoms with Crippen molar-refractivity contribution in [2.24, 2.45) is 5.41 Å². The van der Waals surface area contributed by atoms with Crippen molar-refractivity contribution in [1.29, 1.82) is 0 Å². The first-order chi connectivity index (χ1) is 5.54. The van der Waals surface area contributed by atoms with Gasteiger partial charge in [0.1, 0.15) is 0 Å². The summed E-state index contributed by atoms with van der Waals surface area (Å²) < 4.78 is 0. The maximum Gasteiger partial charge on any atom is 0.0484 e. The standard InChI is InChI=1S/C11H22O/c1-5-11(4,9-12)8-6-7-10(2)3/h12H,2,5-9H2,1,3-4H3. The van der Waals surface area contributed by atoms with Crippen LogP contribution in [-0.4, -0.2) is 11.7 Å². The summed E-state index contributed by atoms with van der Waals surface area (Å²) in [6, 6.07) is 0. The van der Waals surface area contributed by atoms with E-state index in [2.05, 4.69) is 27.4 Å². The highest BCUT2D eigenvalue weighted by atomic mass is 16.3. The van der Waals surface area contributed by atoms with E-state index in [0.717, 1.165) is 25.7 Å². The summed E-state index contributed by atoms with van der Waals surface area (Å²) in [6.45, 7) is 10.5. The van der Waals surface area contributed by atoms with Crippen molar-refractivity contribution in [3.63, 3.8) is 0 Å². The van der Waals surface area contributed by atoms with Gasteiger partial charge in [-0.3, -0.25) is 0 Å². The lowest BCUT2D eigenvalue weighted by atomic mass is 9.83. The second kappa shape index (κ2) is 5.36. The zero-order chi connectivity index (χ0) is 9.61. The van der Waals surface area contributed by atoms with Gasteiger partial charge >= 0.3 is 0 Å². The van der Waals surface area contributed by atoms with Crippen LogP contribution in [0.2, 0.25) is 0 Å². The first-order valence-electron chi connectivity index (χ1n) is 4.79. The number of hydrogen-bond donors (Lipinski definition) is 1. The minimum atomic E-state index is 0.134. The minimum absolute atomic E-state index is 0.134. The molecule has 0 aromatic carbocycles. The van der Waals surface area contributed by atoms with E-state index < -0.39 is 0 Å². The molecule has 1 heteroatoms. The Morgan fingerprint density at radius 3 is 2.42 bits per heavy atom. The Balaban J connectivity index is 3.65. The monoisotopic (exact) mass is 170 g/mol. The van der Waals surface area contributed by atoms with Gasteiger partial charge in [-0.2, -0.15) is 0 Å². The first kappa shape index (κ1) is 11.7. The van der Waals surface area contributed by atoms with Crippen molar-refractivity contribution in [1.82, 2.24) is 0 Å². The Labute approximate surface area is 76.5 Å². The number of rotatable bonds is 6. The fourth-order valence-electron chi connectivity index (χ4n) is 1.18. The van der Waals surface area contributed by atoms with Gasteiger partial charge in [0.15, 0.2) is 0 Å². The highest BCUT2D eigenvalue weighted by Gasteiger charge is 2.19. The van der Waals surface area contributed by atoms with Crippen LogP contribution in [0.4, 0.5) is 0 Å². The molecule has 1 nitrogen and oxygen atoms in total. The van der Waals surface area contributed by atoms with Crippen LogP contribution in [0.15, 0.2) is 12.2 Å². The number of aliphatic hydroxyl groups is 1. The summed E-state index contributed by atoms with van der Waals surface area (Å²) in [6.07, 6.45) is 4.41. The molecule has 0 aromatic heterocycles. The van der Waals surface area contributed by atoms with Gasteiger partial charge in [0.25, 0.3) is 0 Å². The molecule has 1 N–H and O–H groups in total. The third-order valence-corrected chi connectivity index (χ3v) is 2.62. The van der Waals surface area contributed by atoms with E-state index in [1.807, 2.05) is 0 Å². The Hall–Kier alpha value is -0.300. The highest BCUT2D eigenvalue weighted by Crippen LogP contribution is 2.27. The first-order valence-corrected chi connectivity index (χ1v) is 4.79. The molecule has 0 aliphatic rings. The van der Waals surface area contributed by atoms with E-state index in [1.165, 1.54) is 5.57 Å². The summed E-state index contributed by atoms with van der Waals surface area (Å²) in [5.41, 5.74) is 1.38. The quantitative estimate of drug-likeness (QED) is 0.607. The molecule has 0 bridgehead atoms. The molecule has 0 rings (SSSR count). The van der Waals surface area contributed by atoms with Crippen molar-refractivity contribution >= 4 is 0 Å². The Bertz CT molecular complexity index is 134. The van der Waals surface area contributed by atoms with E-state index in [1.54, 1.807) is 0 Å². The average molecular weight is 170 g/mol. The van der Waals surface area contributed by atoms with Crippen LogP contribution in [0.25, 0.3) is 0 Å². The van der Waals surface area contributed by atoms with Gasteiger partial charge in [0, 0.05) is 6.61 Å². The Morgan fingerprint density at radius 1 is 1.50 bits per heavy atom. The van der Waals surface area contributed by atoms with Crippen molar-refractivity contribution in [3.05, 3.63) is 12.2 Å². The molecule has 0 aliphatic carbocycles. The predicted octanol–water partition coefficient (Wildman–Crippen LogP) is 3.14. The predicted molar refractivity (Wildman–Crippen MR) is 54.1 cm³/mol. The van der Waals surface area contributed by atoms with E-state index in [9.17, 15) is 0 Å². The van der Waals surface area contributed by atoms with Crippen LogP contribution in [0.3, 0.4) is 0 Å². The van der Waals surface area contributed by atoms with Gasteiger partial charge < -0.3 is 5.11 Å². The summed E-state index contributed by atoms with van der Waals surface area (Å²) in [5, 5.41) is 9.13. The van der Waals surface area contributed by atoms with Crippen LogP contribution in [0.1, 0.15) is 46.5 Å². The maximum atomic E-state index is 9.13. The molecule has 0 amide bonds. The fourth-order valence-corrected chi connectivity index (χ4v) is 1.18. The van der Waals surface area contributed by atoms with Gasteiger partial charge in [-0.15, -0.1) is 6.58 Å². The molecule has 0 saturated carbocycles. The molecule has 1 unspecified atom stereocenters. The fraction of sp³-hybridized carbons (Fsp3) is 0.818. The number of allylic oxidation sites excluding steroid dienone is 1. The molecule has 0 saturated heterocycles. The lowest BCUT2D eigenvalue weighted by molar-refractivity contribution is 0.126. The number of aliphatic hydroxyl groups excluding tert-OH is 1. The zero-order valence-electron chi connectivity index (χ0n) is 8.69. The molecule has 0 spiro atoms. The van der Waals surface area contributed by atoms with Crippen molar-refractivity contribution in [2.75, 3.05) is 6.61 Å². The highest BCUT2D eigenvalue weighted by molar-refractivity contribution is 4.88. The molecule has 0 aliphatic heterocycles. The van der Waals surface area contributed by atoms with Crippen LogP contribution >= 0.6 is 0 Å². The molecule has 0 aromatic rings. The maximum absolute atomic E-state index is 9.13. The van der Waals surface area contributed by atoms with Gasteiger partial charge in [0.2, 0.25) is 0 Å². The van der Waals surface area contributed by atoms with Crippen LogP contribution in [-0.2, 0) is 0 Å². The third kappa shape index (κ3) is 4.55. The average Bonchev–Trinajstić information content (AvgIpc) is 2.03. The van der Waals surface area contributed by atoms with E-state index >= 15 is 0 Å². The summed E-state index contributed by atoms with van der Waals surface area (Å²) in [7, 11) is 0. The second-order valence-corrected chi connectivity index (χ2v) is 4.13. The molecule has 12 heavy (non-hydrogen) atoms. The molecule has 72 valence electrons. The second-order valence-electron chi connectivity index (χ2n) is 4.13. The van der Waals surface area contributed by atoms with Crippen LogP contribution in [0.5, 0.6) is 0 Å². The minimum Gasteiger partial charge on any atom is -0.396 e. The van der Waals surface area contributed by atoms with Crippen LogP contribution < -0.4 is 0 Å². The molecule has 0 heterocycles. The number of hydrogen-bond acceptors (Lipinski definition) is 1. The Morgan fingerprint density at radius 2 is 2.08 bits per heavy atom. The van der Waals surface area contributed by atoms with Crippen molar-refractivity contribution in [3.8, 4) is 0 Å². The van der Waals surface area contributed by atoms with E-state index in [-0.39, 0.29) is 5.41 Å². The molecular weight excluding hydrogens is 148 g/mol. The zero-order valence-corrected chi connectivity index (χ0v) is 8.69. The van der Waals surface area contributed by atoms with Crippen molar-refractivity contribution in [2.45, 2.75) is 46.5 Å². The van der Waals surface area contributed by atoms with Gasteiger partial charge in [-0.25, -0.2) is 0 Å². The summed E-state index contributed by atoms with van der Waals surface area (Å²) in [4.78, 5) is 0. The smallest absolute Gasteiger partial charge is 0.0484 e. The third-order valence-electron chi connectivity index (χ3n) is 2.62. The largest absolute Gasteiger partial charge is 0.396 e. The van der Waals surface area contributed by atoms with Gasteiger partial charge in [-0.05, 0) is 38.0 Å². The van der Waals surface area contributed by atoms with Crippen molar-refractivity contribution < 1.29 is 5.11 Å². The van der Waals surface area contributed by atoms with E-state index in [4.69, 9.17) is 5.11 Å².